The summed E-state index contributed by atoms with van der Waals surface area (Å²) in [5, 5.41) is 29.3. The van der Waals surface area contributed by atoms with Crippen LogP contribution >= 0.6 is 0 Å². The van der Waals surface area contributed by atoms with Crippen LogP contribution in [-0.4, -0.2) is 21.4 Å². The smallest absolute Gasteiger partial charge is 0.271 e. The molecule has 0 saturated carbocycles. The molecule has 96 valence electrons. The molecule has 2 rings (SSSR count). The van der Waals surface area contributed by atoms with Crippen LogP contribution in [0.4, 0.5) is 11.4 Å². The number of aliphatic imine (C=N–C) groups is 1. The zero-order valence-electron chi connectivity index (χ0n) is 9.72. The van der Waals surface area contributed by atoms with E-state index in [-0.39, 0.29) is 17.2 Å². The summed E-state index contributed by atoms with van der Waals surface area (Å²) in [6.45, 7) is 0. The standard InChI is InChI=1S/C13H10N2O4/c16-12-5-4-9(13(17)7-12)8-14-10-2-1-3-11(6-10)15(18)19/h1-8,16-17H. The van der Waals surface area contributed by atoms with E-state index in [0.717, 1.165) is 0 Å². The van der Waals surface area contributed by atoms with Gasteiger partial charge >= 0.3 is 0 Å². The van der Waals surface area contributed by atoms with Crippen molar-refractivity contribution in [2.45, 2.75) is 0 Å². The molecule has 0 aliphatic carbocycles. The van der Waals surface area contributed by atoms with E-state index in [1.54, 1.807) is 6.07 Å². The van der Waals surface area contributed by atoms with Gasteiger partial charge in [0.15, 0.2) is 0 Å². The van der Waals surface area contributed by atoms with Gasteiger partial charge in [-0.05, 0) is 18.2 Å². The molecular formula is C13H10N2O4. The van der Waals surface area contributed by atoms with Gasteiger partial charge in [0.2, 0.25) is 0 Å². The third-order valence-electron chi connectivity index (χ3n) is 2.41. The van der Waals surface area contributed by atoms with Gasteiger partial charge in [-0.3, -0.25) is 15.1 Å². The molecule has 0 unspecified atom stereocenters. The first-order valence-electron chi connectivity index (χ1n) is 5.37. The Bertz CT molecular complexity index is 653. The molecule has 0 saturated heterocycles. The number of rotatable bonds is 3. The van der Waals surface area contributed by atoms with Gasteiger partial charge in [0.1, 0.15) is 11.5 Å². The van der Waals surface area contributed by atoms with E-state index in [9.17, 15) is 15.2 Å². The van der Waals surface area contributed by atoms with E-state index in [4.69, 9.17) is 5.11 Å². The number of phenolic OH excluding ortho intramolecular Hbond substituents is 2. The molecule has 0 aliphatic rings. The summed E-state index contributed by atoms with van der Waals surface area (Å²) in [5.41, 5.74) is 0.760. The highest BCUT2D eigenvalue weighted by atomic mass is 16.6. The molecule has 2 aromatic rings. The lowest BCUT2D eigenvalue weighted by molar-refractivity contribution is -0.384. The highest BCUT2D eigenvalue weighted by Gasteiger charge is 2.04. The van der Waals surface area contributed by atoms with Gasteiger partial charge in [-0.15, -0.1) is 0 Å². The summed E-state index contributed by atoms with van der Waals surface area (Å²) < 4.78 is 0. The zero-order valence-corrected chi connectivity index (χ0v) is 9.72. The topological polar surface area (TPSA) is 96.0 Å². The van der Waals surface area contributed by atoms with E-state index in [2.05, 4.69) is 4.99 Å². The second kappa shape index (κ2) is 5.18. The number of hydrogen-bond acceptors (Lipinski definition) is 5. The fraction of sp³-hybridized carbons (Fsp3) is 0. The summed E-state index contributed by atoms with van der Waals surface area (Å²) in [4.78, 5) is 14.1. The van der Waals surface area contributed by atoms with Gasteiger partial charge in [0, 0.05) is 30.0 Å². The van der Waals surface area contributed by atoms with E-state index >= 15 is 0 Å². The van der Waals surface area contributed by atoms with Crippen LogP contribution in [0.3, 0.4) is 0 Å². The van der Waals surface area contributed by atoms with Gasteiger partial charge in [-0.1, -0.05) is 6.07 Å². The number of non-ortho nitro benzene ring substituents is 1. The van der Waals surface area contributed by atoms with Crippen molar-refractivity contribution in [1.82, 2.24) is 0 Å². The Hall–Kier alpha value is -2.89. The van der Waals surface area contributed by atoms with E-state index in [1.807, 2.05) is 0 Å². The van der Waals surface area contributed by atoms with E-state index < -0.39 is 4.92 Å². The van der Waals surface area contributed by atoms with E-state index in [1.165, 1.54) is 42.6 Å². The molecule has 0 atom stereocenters. The molecule has 0 aromatic heterocycles. The minimum absolute atomic E-state index is 0.0509. The van der Waals surface area contributed by atoms with Crippen molar-refractivity contribution in [1.29, 1.82) is 0 Å². The summed E-state index contributed by atoms with van der Waals surface area (Å²) in [6.07, 6.45) is 1.37. The zero-order chi connectivity index (χ0) is 13.8. The van der Waals surface area contributed by atoms with Crippen molar-refractivity contribution >= 4 is 17.6 Å². The Morgan fingerprint density at radius 3 is 2.63 bits per heavy atom. The number of hydrogen-bond donors (Lipinski definition) is 2. The van der Waals surface area contributed by atoms with Crippen LogP contribution in [0.15, 0.2) is 47.5 Å². The highest BCUT2D eigenvalue weighted by Crippen LogP contribution is 2.23. The van der Waals surface area contributed by atoms with Crippen molar-refractivity contribution in [2.24, 2.45) is 4.99 Å². The van der Waals surface area contributed by atoms with Gasteiger partial charge in [0.05, 0.1) is 10.6 Å². The van der Waals surface area contributed by atoms with Crippen LogP contribution in [0.5, 0.6) is 11.5 Å². The Kier molecular flexibility index (Phi) is 3.42. The van der Waals surface area contributed by atoms with Crippen molar-refractivity contribution in [3.8, 4) is 11.5 Å². The number of aromatic hydroxyl groups is 2. The largest absolute Gasteiger partial charge is 0.508 e. The fourth-order valence-electron chi connectivity index (χ4n) is 1.47. The van der Waals surface area contributed by atoms with Gasteiger partial charge < -0.3 is 10.2 Å². The number of nitro groups is 1. The Balaban J connectivity index is 2.27. The quantitative estimate of drug-likeness (QED) is 0.502. The monoisotopic (exact) mass is 258 g/mol. The predicted molar refractivity (Wildman–Crippen MR) is 70.1 cm³/mol. The maximum absolute atomic E-state index is 10.6. The third-order valence-corrected chi connectivity index (χ3v) is 2.41. The molecule has 6 heteroatoms. The number of nitrogens with zero attached hydrogens (tertiary/aromatic N) is 2. The van der Waals surface area contributed by atoms with Crippen molar-refractivity contribution < 1.29 is 15.1 Å². The summed E-state index contributed by atoms with van der Waals surface area (Å²) in [7, 11) is 0. The van der Waals surface area contributed by atoms with Crippen LogP contribution < -0.4 is 0 Å². The van der Waals surface area contributed by atoms with Crippen LogP contribution in [0, 0.1) is 10.1 Å². The molecule has 2 aromatic carbocycles. The molecule has 0 amide bonds. The molecule has 19 heavy (non-hydrogen) atoms. The predicted octanol–water partition coefficient (Wildman–Crippen LogP) is 2.76. The lowest BCUT2D eigenvalue weighted by atomic mass is 10.2. The van der Waals surface area contributed by atoms with Gasteiger partial charge in [0.25, 0.3) is 5.69 Å². The molecule has 0 heterocycles. The second-order valence-electron chi connectivity index (χ2n) is 3.78. The SMILES string of the molecule is O=[N+]([O-])c1cccc(N=Cc2ccc(O)cc2O)c1. The molecule has 2 N–H and O–H groups in total. The number of nitro benzene ring substituents is 1. The average molecular weight is 258 g/mol. The van der Waals surface area contributed by atoms with Crippen LogP contribution in [0.25, 0.3) is 0 Å². The average Bonchev–Trinajstić information content (AvgIpc) is 2.38. The van der Waals surface area contributed by atoms with Gasteiger partial charge in [-0.25, -0.2) is 0 Å². The lowest BCUT2D eigenvalue weighted by Crippen LogP contribution is -1.86. The summed E-state index contributed by atoms with van der Waals surface area (Å²) in [5.74, 6) is -0.167. The normalized spacial score (nSPS) is 10.7. The summed E-state index contributed by atoms with van der Waals surface area (Å²) >= 11 is 0. The molecule has 6 nitrogen and oxygen atoms in total. The molecule has 0 fully saturated rings. The Morgan fingerprint density at radius 1 is 1.16 bits per heavy atom. The van der Waals surface area contributed by atoms with E-state index in [0.29, 0.717) is 11.3 Å². The first-order valence-corrected chi connectivity index (χ1v) is 5.37. The Morgan fingerprint density at radius 2 is 1.95 bits per heavy atom. The highest BCUT2D eigenvalue weighted by molar-refractivity contribution is 5.85. The minimum atomic E-state index is -0.503. The fourth-order valence-corrected chi connectivity index (χ4v) is 1.47. The van der Waals surface area contributed by atoms with Gasteiger partial charge in [-0.2, -0.15) is 0 Å². The van der Waals surface area contributed by atoms with Crippen LogP contribution in [0.1, 0.15) is 5.56 Å². The first-order chi connectivity index (χ1) is 9.06. The van der Waals surface area contributed by atoms with Crippen molar-refractivity contribution in [2.75, 3.05) is 0 Å². The maximum atomic E-state index is 10.6. The summed E-state index contributed by atoms with van der Waals surface area (Å²) in [6, 6.07) is 9.93. The minimum Gasteiger partial charge on any atom is -0.508 e. The Labute approximate surface area is 108 Å². The molecule has 0 aliphatic heterocycles. The number of phenols is 2. The molecule has 0 radical (unpaired) electrons. The van der Waals surface area contributed by atoms with Crippen molar-refractivity contribution in [3.63, 3.8) is 0 Å². The molecule has 0 spiro atoms. The van der Waals surface area contributed by atoms with Crippen LogP contribution in [-0.2, 0) is 0 Å². The molecule has 0 bridgehead atoms. The lowest BCUT2D eigenvalue weighted by Gasteiger charge is -1.99. The first kappa shape index (κ1) is 12.6. The van der Waals surface area contributed by atoms with Crippen molar-refractivity contribution in [3.05, 3.63) is 58.1 Å². The third kappa shape index (κ3) is 3.06. The molecular weight excluding hydrogens is 248 g/mol. The number of benzene rings is 2. The maximum Gasteiger partial charge on any atom is 0.271 e. The van der Waals surface area contributed by atoms with Crippen LogP contribution in [0.2, 0.25) is 0 Å². The second-order valence-corrected chi connectivity index (χ2v) is 3.78.